The van der Waals surface area contributed by atoms with E-state index in [1.165, 1.54) is 6.20 Å². The molecule has 1 aliphatic heterocycles. The van der Waals surface area contributed by atoms with Crippen LogP contribution in [0.4, 0.5) is 0 Å². The van der Waals surface area contributed by atoms with Crippen molar-refractivity contribution in [3.8, 4) is 0 Å². The van der Waals surface area contributed by atoms with E-state index in [1.54, 1.807) is 11.0 Å². The van der Waals surface area contributed by atoms with Crippen LogP contribution in [0.15, 0.2) is 12.3 Å². The number of carbonyl (C=O) groups is 1. The summed E-state index contributed by atoms with van der Waals surface area (Å²) in [5.41, 5.74) is 0.436. The summed E-state index contributed by atoms with van der Waals surface area (Å²) >= 11 is 11.6. The number of likely N-dealkylation sites (tertiary alicyclic amines) is 1. The Labute approximate surface area is 91.6 Å². The average molecular weight is 231 g/mol. The third-order valence-electron chi connectivity index (χ3n) is 2.22. The summed E-state index contributed by atoms with van der Waals surface area (Å²) < 4.78 is 0. The number of hydrogen-bond donors (Lipinski definition) is 0. The highest BCUT2D eigenvalue weighted by molar-refractivity contribution is 6.43. The van der Waals surface area contributed by atoms with Gasteiger partial charge in [0.2, 0.25) is 0 Å². The van der Waals surface area contributed by atoms with Crippen LogP contribution in [0.5, 0.6) is 0 Å². The number of rotatable bonds is 1. The summed E-state index contributed by atoms with van der Waals surface area (Å²) in [5, 5.41) is 0.420. The van der Waals surface area contributed by atoms with Gasteiger partial charge in [0, 0.05) is 19.3 Å². The molecule has 0 spiro atoms. The number of pyridine rings is 1. The molecule has 0 aliphatic carbocycles. The molecule has 1 saturated heterocycles. The van der Waals surface area contributed by atoms with Gasteiger partial charge in [-0.25, -0.2) is 4.98 Å². The normalized spacial score (nSPS) is 15.1. The zero-order chi connectivity index (χ0) is 10.1. The summed E-state index contributed by atoms with van der Waals surface area (Å²) in [4.78, 5) is 17.3. The molecule has 2 heterocycles. The van der Waals surface area contributed by atoms with Crippen molar-refractivity contribution >= 4 is 29.1 Å². The first kappa shape index (κ1) is 9.74. The van der Waals surface area contributed by atoms with Crippen molar-refractivity contribution in [2.45, 2.75) is 6.42 Å². The fourth-order valence-electron chi connectivity index (χ4n) is 1.27. The Morgan fingerprint density at radius 1 is 1.43 bits per heavy atom. The topological polar surface area (TPSA) is 33.2 Å². The van der Waals surface area contributed by atoms with Gasteiger partial charge in [-0.2, -0.15) is 0 Å². The Morgan fingerprint density at radius 3 is 2.71 bits per heavy atom. The van der Waals surface area contributed by atoms with Gasteiger partial charge < -0.3 is 4.90 Å². The molecule has 0 atom stereocenters. The van der Waals surface area contributed by atoms with Crippen molar-refractivity contribution in [1.82, 2.24) is 9.88 Å². The first-order valence-electron chi connectivity index (χ1n) is 4.29. The Morgan fingerprint density at radius 2 is 2.14 bits per heavy atom. The second-order valence-corrected chi connectivity index (χ2v) is 3.85. The van der Waals surface area contributed by atoms with E-state index < -0.39 is 0 Å². The molecule has 1 fully saturated rings. The van der Waals surface area contributed by atoms with E-state index in [-0.39, 0.29) is 16.1 Å². The molecule has 1 aromatic rings. The van der Waals surface area contributed by atoms with E-state index >= 15 is 0 Å². The van der Waals surface area contributed by atoms with Crippen molar-refractivity contribution in [2.75, 3.05) is 13.1 Å². The van der Waals surface area contributed by atoms with Crippen LogP contribution in [-0.4, -0.2) is 28.9 Å². The van der Waals surface area contributed by atoms with Crippen LogP contribution in [0.3, 0.4) is 0 Å². The lowest BCUT2D eigenvalue weighted by Gasteiger charge is -2.31. The molecule has 0 bridgehead atoms. The Kier molecular flexibility index (Phi) is 2.61. The van der Waals surface area contributed by atoms with Crippen LogP contribution in [0, 0.1) is 0 Å². The number of carbonyl (C=O) groups excluding carboxylic acids is 1. The van der Waals surface area contributed by atoms with Gasteiger partial charge in [-0.05, 0) is 12.5 Å². The zero-order valence-electron chi connectivity index (χ0n) is 7.33. The first-order chi connectivity index (χ1) is 6.70. The van der Waals surface area contributed by atoms with E-state index in [1.807, 2.05) is 0 Å². The van der Waals surface area contributed by atoms with Gasteiger partial charge in [0.1, 0.15) is 5.15 Å². The fraction of sp³-hybridized carbons (Fsp3) is 0.333. The third kappa shape index (κ3) is 1.57. The minimum atomic E-state index is -0.0643. The van der Waals surface area contributed by atoms with E-state index in [2.05, 4.69) is 4.98 Å². The number of amides is 1. The van der Waals surface area contributed by atoms with Gasteiger partial charge in [0.15, 0.2) is 0 Å². The van der Waals surface area contributed by atoms with Gasteiger partial charge in [-0.1, -0.05) is 23.2 Å². The standard InChI is InChI=1S/C9H8Cl2N2O/c10-7-6(2-3-12-8(7)11)9(14)13-4-1-5-13/h2-3H,1,4-5H2. The highest BCUT2D eigenvalue weighted by Gasteiger charge is 2.24. The minimum absolute atomic E-state index is 0.0643. The molecule has 1 aliphatic rings. The van der Waals surface area contributed by atoms with Crippen molar-refractivity contribution in [3.63, 3.8) is 0 Å². The van der Waals surface area contributed by atoms with Gasteiger partial charge in [-0.3, -0.25) is 4.79 Å². The number of nitrogens with zero attached hydrogens (tertiary/aromatic N) is 2. The summed E-state index contributed by atoms with van der Waals surface area (Å²) in [6.45, 7) is 1.60. The van der Waals surface area contributed by atoms with Crippen LogP contribution >= 0.6 is 23.2 Å². The molecule has 0 radical (unpaired) electrons. The fourth-order valence-corrected chi connectivity index (χ4v) is 1.62. The van der Waals surface area contributed by atoms with Crippen LogP contribution in [-0.2, 0) is 0 Å². The molecule has 74 valence electrons. The molecule has 0 aromatic carbocycles. The highest BCUT2D eigenvalue weighted by atomic mass is 35.5. The highest BCUT2D eigenvalue weighted by Crippen LogP contribution is 2.25. The molecular weight excluding hydrogens is 223 g/mol. The zero-order valence-corrected chi connectivity index (χ0v) is 8.85. The van der Waals surface area contributed by atoms with E-state index in [4.69, 9.17) is 23.2 Å². The maximum Gasteiger partial charge on any atom is 0.255 e. The van der Waals surface area contributed by atoms with Crippen LogP contribution in [0.25, 0.3) is 0 Å². The average Bonchev–Trinajstić information content (AvgIpc) is 2.06. The molecule has 5 heteroatoms. The summed E-state index contributed by atoms with van der Waals surface area (Å²) in [6, 6.07) is 1.59. The van der Waals surface area contributed by atoms with Gasteiger partial charge in [0.05, 0.1) is 10.6 Å². The SMILES string of the molecule is O=C(c1ccnc(Cl)c1Cl)N1CCC1. The largest absolute Gasteiger partial charge is 0.338 e. The molecule has 0 unspecified atom stereocenters. The van der Waals surface area contributed by atoms with Crippen molar-refractivity contribution in [3.05, 3.63) is 28.0 Å². The minimum Gasteiger partial charge on any atom is -0.338 e. The molecule has 3 nitrogen and oxygen atoms in total. The second-order valence-electron chi connectivity index (χ2n) is 3.11. The lowest BCUT2D eigenvalue weighted by atomic mass is 10.1. The molecule has 14 heavy (non-hydrogen) atoms. The number of hydrogen-bond acceptors (Lipinski definition) is 2. The number of halogens is 2. The quantitative estimate of drug-likeness (QED) is 0.694. The first-order valence-corrected chi connectivity index (χ1v) is 5.05. The lowest BCUT2D eigenvalue weighted by molar-refractivity contribution is 0.0652. The second kappa shape index (κ2) is 3.75. The van der Waals surface area contributed by atoms with Crippen LogP contribution < -0.4 is 0 Å². The lowest BCUT2D eigenvalue weighted by Crippen LogP contribution is -2.42. The number of aromatic nitrogens is 1. The molecule has 1 aromatic heterocycles. The smallest absolute Gasteiger partial charge is 0.255 e. The molecular formula is C9H8Cl2N2O. The Balaban J connectivity index is 2.31. The third-order valence-corrected chi connectivity index (χ3v) is 2.99. The summed E-state index contributed by atoms with van der Waals surface area (Å²) in [6.07, 6.45) is 2.55. The monoisotopic (exact) mass is 230 g/mol. The van der Waals surface area contributed by atoms with E-state index in [9.17, 15) is 4.79 Å². The van der Waals surface area contributed by atoms with E-state index in [0.29, 0.717) is 5.56 Å². The van der Waals surface area contributed by atoms with Gasteiger partial charge in [0.25, 0.3) is 5.91 Å². The Bertz CT molecular complexity index is 377. The molecule has 2 rings (SSSR count). The van der Waals surface area contributed by atoms with Crippen LogP contribution in [0.2, 0.25) is 10.2 Å². The van der Waals surface area contributed by atoms with Crippen molar-refractivity contribution in [1.29, 1.82) is 0 Å². The summed E-state index contributed by atoms with van der Waals surface area (Å²) in [7, 11) is 0. The maximum atomic E-state index is 11.8. The molecule has 1 amide bonds. The van der Waals surface area contributed by atoms with Crippen molar-refractivity contribution in [2.24, 2.45) is 0 Å². The van der Waals surface area contributed by atoms with Crippen LogP contribution in [0.1, 0.15) is 16.8 Å². The molecule has 0 saturated carbocycles. The van der Waals surface area contributed by atoms with E-state index in [0.717, 1.165) is 19.5 Å². The predicted octanol–water partition coefficient (Wildman–Crippen LogP) is 2.23. The predicted molar refractivity (Wildman–Crippen MR) is 54.8 cm³/mol. The van der Waals surface area contributed by atoms with Gasteiger partial charge >= 0.3 is 0 Å². The molecule has 0 N–H and O–H groups in total. The Hall–Kier alpha value is -0.800. The van der Waals surface area contributed by atoms with Gasteiger partial charge in [-0.15, -0.1) is 0 Å². The summed E-state index contributed by atoms with van der Waals surface area (Å²) in [5.74, 6) is -0.0643. The van der Waals surface area contributed by atoms with Crippen molar-refractivity contribution < 1.29 is 4.79 Å². The maximum absolute atomic E-state index is 11.8.